The van der Waals surface area contributed by atoms with Crippen molar-refractivity contribution >= 4 is 34.0 Å². The van der Waals surface area contributed by atoms with Crippen molar-refractivity contribution < 1.29 is 4.79 Å². The third-order valence-corrected chi connectivity index (χ3v) is 5.92. The van der Waals surface area contributed by atoms with Crippen LogP contribution in [0.15, 0.2) is 23.7 Å². The lowest BCUT2D eigenvalue weighted by molar-refractivity contribution is 0.248. The molecule has 10 heteroatoms. The number of amides is 2. The first-order valence-electron chi connectivity index (χ1n) is 9.18. The molecule has 3 aromatic heterocycles. The van der Waals surface area contributed by atoms with E-state index in [2.05, 4.69) is 30.7 Å². The second kappa shape index (κ2) is 6.76. The zero-order valence-corrected chi connectivity index (χ0v) is 15.5. The molecule has 0 radical (unpaired) electrons. The number of carbonyl (C=O) groups excluding carboxylic acids is 1. The van der Waals surface area contributed by atoms with Crippen LogP contribution in [-0.4, -0.2) is 50.5 Å². The smallest absolute Gasteiger partial charge is 0.321 e. The van der Waals surface area contributed by atoms with Gasteiger partial charge in [-0.05, 0) is 25.0 Å². The molecule has 1 aliphatic heterocycles. The van der Waals surface area contributed by atoms with Gasteiger partial charge in [0.05, 0.1) is 0 Å². The number of fused-ring (bicyclic) bond motifs is 1. The summed E-state index contributed by atoms with van der Waals surface area (Å²) in [5, 5.41) is 21.4. The summed E-state index contributed by atoms with van der Waals surface area (Å²) in [5.41, 5.74) is 0.804. The molecule has 5 rings (SSSR count). The molecule has 0 aromatic carbocycles. The Balaban J connectivity index is 1.16. The Morgan fingerprint density at radius 1 is 1.26 bits per heavy atom. The van der Waals surface area contributed by atoms with Gasteiger partial charge in [-0.1, -0.05) is 6.42 Å². The van der Waals surface area contributed by atoms with Crippen LogP contribution in [0.1, 0.15) is 31.0 Å². The van der Waals surface area contributed by atoms with Gasteiger partial charge in [0.1, 0.15) is 5.82 Å². The summed E-state index contributed by atoms with van der Waals surface area (Å²) in [6.45, 7) is 2.38. The van der Waals surface area contributed by atoms with Crippen LogP contribution in [0.5, 0.6) is 0 Å². The molecule has 2 amide bonds. The number of carbonyl (C=O) groups is 1. The molecule has 2 fully saturated rings. The Hall–Kier alpha value is -2.75. The monoisotopic (exact) mass is 384 g/mol. The standard InChI is InChI=1S/C17H20N8OS/c26-16(20-17-18-6-7-27-17)19-8-11-9-24(10-11)14-5-4-13-21-22-15(25(13)23-14)12-2-1-3-12/h4-7,11-12H,1-3,8-10H2,(H2,18,19,20,26). The predicted octanol–water partition coefficient (Wildman–Crippen LogP) is 2.11. The van der Waals surface area contributed by atoms with Gasteiger partial charge < -0.3 is 10.2 Å². The number of anilines is 2. The first-order chi connectivity index (χ1) is 13.3. The van der Waals surface area contributed by atoms with Crippen molar-refractivity contribution in [2.24, 2.45) is 5.92 Å². The predicted molar refractivity (Wildman–Crippen MR) is 102 cm³/mol. The summed E-state index contributed by atoms with van der Waals surface area (Å²) in [7, 11) is 0. The van der Waals surface area contributed by atoms with Crippen LogP contribution in [0, 0.1) is 5.92 Å². The van der Waals surface area contributed by atoms with Gasteiger partial charge in [0.2, 0.25) is 0 Å². The van der Waals surface area contributed by atoms with Crippen LogP contribution in [0.2, 0.25) is 0 Å². The normalized spacial score (nSPS) is 17.6. The summed E-state index contributed by atoms with van der Waals surface area (Å²) < 4.78 is 1.90. The second-order valence-electron chi connectivity index (χ2n) is 7.09. The fourth-order valence-electron chi connectivity index (χ4n) is 3.44. The van der Waals surface area contributed by atoms with Crippen molar-refractivity contribution in [3.05, 3.63) is 29.5 Å². The van der Waals surface area contributed by atoms with E-state index in [0.29, 0.717) is 23.5 Å². The Bertz CT molecular complexity index is 945. The van der Waals surface area contributed by atoms with E-state index in [9.17, 15) is 4.79 Å². The van der Waals surface area contributed by atoms with Gasteiger partial charge in [-0.15, -0.1) is 26.6 Å². The van der Waals surface area contributed by atoms with E-state index in [1.165, 1.54) is 30.6 Å². The Morgan fingerprint density at radius 2 is 2.15 bits per heavy atom. The highest BCUT2D eigenvalue weighted by molar-refractivity contribution is 7.13. The number of nitrogens with zero attached hydrogens (tertiary/aromatic N) is 6. The average molecular weight is 384 g/mol. The summed E-state index contributed by atoms with van der Waals surface area (Å²) in [6.07, 6.45) is 5.27. The maximum Gasteiger partial charge on any atom is 0.321 e. The molecule has 2 N–H and O–H groups in total. The van der Waals surface area contributed by atoms with Crippen LogP contribution in [-0.2, 0) is 0 Å². The molecule has 27 heavy (non-hydrogen) atoms. The van der Waals surface area contributed by atoms with Gasteiger partial charge in [-0.25, -0.2) is 9.78 Å². The van der Waals surface area contributed by atoms with E-state index < -0.39 is 0 Å². The van der Waals surface area contributed by atoms with Gasteiger partial charge >= 0.3 is 6.03 Å². The van der Waals surface area contributed by atoms with Crippen LogP contribution in [0.3, 0.4) is 0 Å². The van der Waals surface area contributed by atoms with E-state index in [-0.39, 0.29) is 6.03 Å². The number of thiazole rings is 1. The zero-order chi connectivity index (χ0) is 18.2. The molecule has 3 aromatic rings. The van der Waals surface area contributed by atoms with E-state index in [1.807, 2.05) is 22.0 Å². The molecular weight excluding hydrogens is 364 g/mol. The lowest BCUT2D eigenvalue weighted by Gasteiger charge is -2.40. The maximum absolute atomic E-state index is 11.9. The molecular formula is C17H20N8OS. The number of nitrogens with one attached hydrogen (secondary N) is 2. The third kappa shape index (κ3) is 3.20. The zero-order valence-electron chi connectivity index (χ0n) is 14.7. The summed E-state index contributed by atoms with van der Waals surface area (Å²) >= 11 is 1.40. The summed E-state index contributed by atoms with van der Waals surface area (Å²) in [5.74, 6) is 2.83. The lowest BCUT2D eigenvalue weighted by Crippen LogP contribution is -2.52. The first-order valence-corrected chi connectivity index (χ1v) is 10.1. The molecule has 4 heterocycles. The molecule has 0 spiro atoms. The van der Waals surface area contributed by atoms with Gasteiger partial charge in [-0.3, -0.25) is 5.32 Å². The van der Waals surface area contributed by atoms with Gasteiger partial charge in [-0.2, -0.15) is 4.52 Å². The number of hydrogen-bond acceptors (Lipinski definition) is 7. The van der Waals surface area contributed by atoms with Crippen LogP contribution >= 0.6 is 11.3 Å². The second-order valence-corrected chi connectivity index (χ2v) is 7.99. The minimum atomic E-state index is -0.211. The molecule has 0 atom stereocenters. The van der Waals surface area contributed by atoms with E-state index in [0.717, 1.165) is 30.4 Å². The molecule has 0 bridgehead atoms. The van der Waals surface area contributed by atoms with Gasteiger partial charge in [0.15, 0.2) is 16.6 Å². The van der Waals surface area contributed by atoms with Crippen molar-refractivity contribution in [3.8, 4) is 0 Å². The van der Waals surface area contributed by atoms with Crippen molar-refractivity contribution in [2.45, 2.75) is 25.2 Å². The summed E-state index contributed by atoms with van der Waals surface area (Å²) in [4.78, 5) is 18.1. The number of urea groups is 1. The van der Waals surface area contributed by atoms with Crippen molar-refractivity contribution in [1.82, 2.24) is 30.1 Å². The molecule has 2 aliphatic rings. The quantitative estimate of drug-likeness (QED) is 0.699. The number of aromatic nitrogens is 5. The Morgan fingerprint density at radius 3 is 2.89 bits per heavy atom. The molecule has 1 saturated carbocycles. The van der Waals surface area contributed by atoms with Crippen LogP contribution in [0.25, 0.3) is 5.65 Å². The lowest BCUT2D eigenvalue weighted by atomic mass is 9.85. The minimum absolute atomic E-state index is 0.211. The molecule has 0 unspecified atom stereocenters. The van der Waals surface area contributed by atoms with E-state index >= 15 is 0 Å². The minimum Gasteiger partial charge on any atom is -0.354 e. The Kier molecular flexibility index (Phi) is 4.12. The SMILES string of the molecule is O=C(NCC1CN(c2ccc3nnc(C4CCC4)n3n2)C1)Nc1nccs1. The first kappa shape index (κ1) is 16.4. The largest absolute Gasteiger partial charge is 0.354 e. The molecule has 1 aliphatic carbocycles. The topological polar surface area (TPSA) is 100 Å². The highest BCUT2D eigenvalue weighted by Crippen LogP contribution is 2.35. The van der Waals surface area contributed by atoms with Crippen molar-refractivity contribution in [3.63, 3.8) is 0 Å². The van der Waals surface area contributed by atoms with Crippen molar-refractivity contribution in [2.75, 3.05) is 29.9 Å². The van der Waals surface area contributed by atoms with E-state index in [1.54, 1.807) is 6.20 Å². The van der Waals surface area contributed by atoms with Gasteiger partial charge in [0.25, 0.3) is 0 Å². The molecule has 9 nitrogen and oxygen atoms in total. The Labute approximate surface area is 159 Å². The van der Waals surface area contributed by atoms with Gasteiger partial charge in [0, 0.05) is 43.0 Å². The fourth-order valence-corrected chi connectivity index (χ4v) is 3.96. The number of hydrogen-bond donors (Lipinski definition) is 2. The fraction of sp³-hybridized carbons (Fsp3) is 0.471. The number of rotatable bonds is 5. The highest BCUT2D eigenvalue weighted by atomic mass is 32.1. The third-order valence-electron chi connectivity index (χ3n) is 5.23. The van der Waals surface area contributed by atoms with Crippen LogP contribution < -0.4 is 15.5 Å². The molecule has 140 valence electrons. The van der Waals surface area contributed by atoms with Crippen molar-refractivity contribution in [1.29, 1.82) is 0 Å². The molecule has 1 saturated heterocycles. The highest BCUT2D eigenvalue weighted by Gasteiger charge is 2.30. The average Bonchev–Trinajstić information content (AvgIpc) is 3.22. The van der Waals surface area contributed by atoms with Crippen LogP contribution in [0.4, 0.5) is 15.7 Å². The van der Waals surface area contributed by atoms with E-state index in [4.69, 9.17) is 5.10 Å². The summed E-state index contributed by atoms with van der Waals surface area (Å²) in [6, 6.07) is 3.76. The maximum atomic E-state index is 11.9.